The van der Waals surface area contributed by atoms with Crippen LogP contribution in [0.25, 0.3) is 33.4 Å². The van der Waals surface area contributed by atoms with Gasteiger partial charge in [-0.1, -0.05) is 68.2 Å². The van der Waals surface area contributed by atoms with Gasteiger partial charge in [0.25, 0.3) is 0 Å². The van der Waals surface area contributed by atoms with Crippen molar-refractivity contribution in [3.8, 4) is 24.2 Å². The van der Waals surface area contributed by atoms with Crippen molar-refractivity contribution in [2.24, 2.45) is 10.8 Å². The van der Waals surface area contributed by atoms with Crippen LogP contribution in [0.1, 0.15) is 136 Å². The summed E-state index contributed by atoms with van der Waals surface area (Å²) in [6, 6.07) is 6.74. The molecule has 80 heavy (non-hydrogen) atoms. The van der Waals surface area contributed by atoms with Gasteiger partial charge < -0.3 is 34.5 Å². The number of nitrogens with zero attached hydrogens (tertiary/aromatic N) is 7. The van der Waals surface area contributed by atoms with Crippen LogP contribution in [-0.4, -0.2) is 116 Å². The number of anilines is 2. The predicted octanol–water partition coefficient (Wildman–Crippen LogP) is 12.6. The number of Topliss-reactive ketones (excluding diaryl/α,β-unsaturated/α-hetero) is 1. The highest BCUT2D eigenvalue weighted by molar-refractivity contribution is 6.64. The van der Waals surface area contributed by atoms with Crippen molar-refractivity contribution in [3.05, 3.63) is 71.3 Å². The molecule has 2 saturated heterocycles. The molecule has 6 heterocycles. The van der Waals surface area contributed by atoms with Gasteiger partial charge in [0, 0.05) is 37.1 Å². The van der Waals surface area contributed by atoms with Gasteiger partial charge in [0.2, 0.25) is 11.0 Å². The molecule has 4 aromatic heterocycles. The number of terminal acetylenes is 1. The lowest BCUT2D eigenvalue weighted by atomic mass is 9.91. The van der Waals surface area contributed by atoms with Crippen LogP contribution in [0.5, 0.6) is 0 Å². The summed E-state index contributed by atoms with van der Waals surface area (Å²) in [5, 5.41) is 6.03. The van der Waals surface area contributed by atoms with Crippen molar-refractivity contribution in [3.63, 3.8) is 0 Å². The number of hydrogen-bond donors (Lipinski definition) is 2. The third-order valence-electron chi connectivity index (χ3n) is 12.7. The van der Waals surface area contributed by atoms with E-state index in [0.29, 0.717) is 91.1 Å². The molecule has 2 N–H and O–H groups in total. The molecular formula is C58H74ClF6N9O6. The molecule has 0 bridgehead atoms. The molecule has 8 rings (SSSR count). The van der Waals surface area contributed by atoms with Gasteiger partial charge in [-0.25, -0.2) is 19.9 Å². The Balaban J connectivity index is 0.000000240. The first-order chi connectivity index (χ1) is 37.8. The molecule has 0 saturated carbocycles. The molecule has 2 unspecified atom stereocenters. The largest absolute Gasteiger partial charge is 0.416 e. The summed E-state index contributed by atoms with van der Waals surface area (Å²) >= 11 is 5.11. The fourth-order valence-corrected chi connectivity index (χ4v) is 7.90. The number of alkyl halides is 6. The number of carbonyl (C=O) groups is 2. The minimum Gasteiger partial charge on any atom is -0.367 e. The van der Waals surface area contributed by atoms with Crippen molar-refractivity contribution in [2.75, 3.05) is 69.8 Å². The second-order valence-corrected chi connectivity index (χ2v) is 21.3. The summed E-state index contributed by atoms with van der Waals surface area (Å²) in [4.78, 5) is 42.5. The van der Waals surface area contributed by atoms with E-state index < -0.39 is 28.9 Å². The second-order valence-electron chi connectivity index (χ2n) is 20.9. The van der Waals surface area contributed by atoms with Gasteiger partial charge in [0.15, 0.2) is 35.5 Å². The zero-order valence-electron chi connectivity index (χ0n) is 47.1. The molecule has 2 atom stereocenters. The van der Waals surface area contributed by atoms with Gasteiger partial charge in [-0.2, -0.15) is 26.3 Å². The molecule has 0 amide bonds. The summed E-state index contributed by atoms with van der Waals surface area (Å²) in [7, 11) is 0. The minimum atomic E-state index is -4.51. The number of imidazole rings is 2. The summed E-state index contributed by atoms with van der Waals surface area (Å²) in [5.74, 6) is 8.43. The van der Waals surface area contributed by atoms with Crippen LogP contribution in [0.3, 0.4) is 0 Å². The van der Waals surface area contributed by atoms with Gasteiger partial charge >= 0.3 is 12.4 Å². The van der Waals surface area contributed by atoms with Crippen LogP contribution in [0.4, 0.5) is 38.0 Å². The van der Waals surface area contributed by atoms with E-state index >= 15 is 0 Å². The highest BCUT2D eigenvalue weighted by Gasteiger charge is 2.32. The average Bonchev–Trinajstić information content (AvgIpc) is 4.27. The third kappa shape index (κ3) is 18.7. The Labute approximate surface area is 469 Å². The lowest BCUT2D eigenvalue weighted by Gasteiger charge is -2.22. The van der Waals surface area contributed by atoms with E-state index in [-0.39, 0.29) is 40.1 Å². The van der Waals surface area contributed by atoms with Crippen LogP contribution in [0.2, 0.25) is 0 Å². The number of carbonyl (C=O) groups excluding carboxylic acids is 2. The van der Waals surface area contributed by atoms with Crippen molar-refractivity contribution in [2.45, 2.75) is 139 Å². The van der Waals surface area contributed by atoms with Crippen LogP contribution < -0.4 is 10.6 Å². The molecule has 0 spiro atoms. The highest BCUT2D eigenvalue weighted by atomic mass is 35.5. The fourth-order valence-electron chi connectivity index (χ4n) is 7.90. The topological polar surface area (TPSA) is 159 Å². The number of halogens is 7. The number of hydrogen-bond acceptors (Lipinski definition) is 13. The van der Waals surface area contributed by atoms with Crippen molar-refractivity contribution < 1.29 is 54.9 Å². The molecule has 6 aromatic rings. The molecule has 22 heteroatoms. The molecule has 2 aliphatic rings. The van der Waals surface area contributed by atoms with Crippen molar-refractivity contribution in [1.29, 1.82) is 0 Å². The Bertz CT molecular complexity index is 3090. The molecule has 2 aliphatic heterocycles. The lowest BCUT2D eigenvalue weighted by molar-refractivity contribution is -0.162. The van der Waals surface area contributed by atoms with Crippen LogP contribution in [0, 0.1) is 35.0 Å². The Kier molecular flexibility index (Phi) is 23.9. The van der Waals surface area contributed by atoms with Gasteiger partial charge in [0.05, 0.1) is 58.8 Å². The Hall–Kier alpha value is -6.07. The molecule has 0 radical (unpaired) electrons. The van der Waals surface area contributed by atoms with E-state index in [1.54, 1.807) is 50.3 Å². The summed E-state index contributed by atoms with van der Waals surface area (Å²) < 4.78 is 105. The standard InChI is InChI=1S/C26H29F3N4O3.C21H21F3N4O2.C6H15N.C5H9ClO/c1-25(2,3)21(34)11-9-18-16-31-24-23(30-12-6-14-36-22-7-4-5-13-35-22)32-19-15-17(26(27,28)29)8-10-20(19)33(18)24;1-2-15-13-26-20-19(25-9-5-11-30-18-6-3-4-10-29-18)27-16-12-14(21(22,23)24)7-8-17(16)28(15)20;1-4-7(5-2)6-3;1-5(2,3)4(6)7/h8,10,15-16,22H,4-7,12-14H2,1-3H3,(H,30,32);1,7-8,12-13,18H,3-6,9-11H2,(H,25,27);4-6H2,1-3H3;1-3H3. The van der Waals surface area contributed by atoms with Crippen molar-refractivity contribution in [1.82, 2.24) is 33.6 Å². The number of fused-ring (bicyclic) bond motifs is 6. The molecule has 0 aliphatic carbocycles. The van der Waals surface area contributed by atoms with Crippen LogP contribution >= 0.6 is 11.6 Å². The van der Waals surface area contributed by atoms with Gasteiger partial charge in [-0.05, 0) is 131 Å². The van der Waals surface area contributed by atoms with Crippen molar-refractivity contribution >= 4 is 67.6 Å². The predicted molar refractivity (Wildman–Crippen MR) is 299 cm³/mol. The Morgan fingerprint density at radius 2 is 1.12 bits per heavy atom. The number of benzene rings is 2. The summed E-state index contributed by atoms with van der Waals surface area (Å²) in [6.07, 6.45) is 6.60. The maximum absolute atomic E-state index is 13.4. The first kappa shape index (κ1) is 64.7. The minimum absolute atomic E-state index is 0.134. The smallest absolute Gasteiger partial charge is 0.367 e. The normalized spacial score (nSPS) is 15.9. The second kappa shape index (κ2) is 29.6. The monoisotopic (exact) mass is 1140 g/mol. The fraction of sp³-hybridized carbons (Fsp3) is 0.552. The maximum Gasteiger partial charge on any atom is 0.416 e. The molecule has 15 nitrogen and oxygen atoms in total. The van der Waals surface area contributed by atoms with E-state index in [4.69, 9.17) is 37.0 Å². The average molecular weight is 1140 g/mol. The number of ether oxygens (including phenoxy) is 4. The molecule has 2 aromatic carbocycles. The number of rotatable bonds is 15. The van der Waals surface area contributed by atoms with E-state index in [0.717, 1.165) is 69.4 Å². The first-order valence-corrected chi connectivity index (χ1v) is 27.3. The lowest BCUT2D eigenvalue weighted by Crippen LogP contribution is -2.23. The van der Waals surface area contributed by atoms with E-state index in [2.05, 4.69) is 74.0 Å². The Morgan fingerprint density at radius 3 is 1.48 bits per heavy atom. The van der Waals surface area contributed by atoms with E-state index in [9.17, 15) is 35.9 Å². The Morgan fingerprint density at radius 1 is 0.700 bits per heavy atom. The third-order valence-corrected chi connectivity index (χ3v) is 13.2. The first-order valence-electron chi connectivity index (χ1n) is 27.0. The zero-order chi connectivity index (χ0) is 58.8. The number of nitrogens with one attached hydrogen (secondary N) is 2. The van der Waals surface area contributed by atoms with Crippen LogP contribution in [-0.2, 0) is 40.9 Å². The van der Waals surface area contributed by atoms with Gasteiger partial charge in [-0.15, -0.1) is 6.42 Å². The highest BCUT2D eigenvalue weighted by Crippen LogP contribution is 2.34. The van der Waals surface area contributed by atoms with Crippen LogP contribution in [0.15, 0.2) is 48.8 Å². The maximum atomic E-state index is 13.4. The number of ketones is 1. The SMILES string of the molecule is C#Cc1cnc2c(NCCCOC3CCCCO3)nc3cc(C(F)(F)F)ccc3n12.CC(C)(C)C(=O)C#Cc1cnc2c(NCCCOC3CCCCO3)nc3cc(C(F)(F)F)ccc3n12.CC(C)(C)C(=O)Cl.CCN(CC)CC. The van der Waals surface area contributed by atoms with E-state index in [1.807, 2.05) is 0 Å². The quantitative estimate of drug-likeness (QED) is 0.0433. The molecule has 436 valence electrons. The van der Waals surface area contributed by atoms with Gasteiger partial charge in [-0.3, -0.25) is 18.4 Å². The number of aromatic nitrogens is 6. The zero-order valence-corrected chi connectivity index (χ0v) is 47.9. The summed E-state index contributed by atoms with van der Waals surface area (Å²) in [5.41, 5.74) is 0.304. The molecule has 2 fully saturated rings. The molecular weight excluding hydrogens is 1070 g/mol. The van der Waals surface area contributed by atoms with Gasteiger partial charge in [0.1, 0.15) is 11.4 Å². The summed E-state index contributed by atoms with van der Waals surface area (Å²) in [6.45, 7) is 24.1. The van der Waals surface area contributed by atoms with E-state index in [1.165, 1.54) is 44.2 Å².